The number of carbonyl (C=O) groups is 1. The van der Waals surface area contributed by atoms with Gasteiger partial charge in [-0.15, -0.1) is 0 Å². The maximum absolute atomic E-state index is 12.1. The van der Waals surface area contributed by atoms with Gasteiger partial charge in [-0.05, 0) is 32.8 Å². The zero-order chi connectivity index (χ0) is 16.4. The van der Waals surface area contributed by atoms with E-state index in [-0.39, 0.29) is 11.6 Å². The molecule has 0 saturated carbocycles. The molecule has 0 bridgehead atoms. The van der Waals surface area contributed by atoms with E-state index in [0.717, 1.165) is 30.6 Å². The highest BCUT2D eigenvalue weighted by molar-refractivity contribution is 5.80. The summed E-state index contributed by atoms with van der Waals surface area (Å²) in [6, 6.07) is 6.21. The van der Waals surface area contributed by atoms with Gasteiger partial charge in [-0.1, -0.05) is 31.5 Å². The number of nitrogens with one attached hydrogen (secondary N) is 1. The number of esters is 1. The minimum Gasteiger partial charge on any atom is -0.487 e. The molecule has 1 N–H and O–H groups in total. The molecule has 0 aliphatic carbocycles. The molecule has 0 radical (unpaired) electrons. The van der Waals surface area contributed by atoms with Crippen LogP contribution in [0, 0.1) is 0 Å². The van der Waals surface area contributed by atoms with Crippen molar-refractivity contribution in [1.29, 1.82) is 0 Å². The molecule has 1 heterocycles. The molecule has 0 unspecified atom stereocenters. The van der Waals surface area contributed by atoms with Crippen LogP contribution in [-0.4, -0.2) is 24.2 Å². The van der Waals surface area contributed by atoms with Gasteiger partial charge in [0.2, 0.25) is 0 Å². The lowest BCUT2D eigenvalue weighted by atomic mass is 9.95. The summed E-state index contributed by atoms with van der Waals surface area (Å²) < 4.78 is 11.0. The number of hydrogen-bond acceptors (Lipinski definition) is 4. The molecule has 0 amide bonds. The van der Waals surface area contributed by atoms with Crippen LogP contribution in [0.5, 0.6) is 5.75 Å². The fourth-order valence-corrected chi connectivity index (χ4v) is 3.10. The Hall–Kier alpha value is -1.55. The third-order valence-electron chi connectivity index (χ3n) is 4.23. The molecule has 122 valence electrons. The van der Waals surface area contributed by atoms with Gasteiger partial charge >= 0.3 is 5.97 Å². The van der Waals surface area contributed by atoms with Crippen LogP contribution in [0.25, 0.3) is 0 Å². The first-order chi connectivity index (χ1) is 10.3. The van der Waals surface area contributed by atoms with Gasteiger partial charge in [0.1, 0.15) is 16.9 Å². The summed E-state index contributed by atoms with van der Waals surface area (Å²) in [5.74, 6) is 0.742. The molecule has 0 spiro atoms. The third-order valence-corrected chi connectivity index (χ3v) is 4.23. The quantitative estimate of drug-likeness (QED) is 0.820. The molecule has 1 aromatic carbocycles. The molecule has 1 aromatic rings. The molecule has 2 rings (SSSR count). The topological polar surface area (TPSA) is 47.6 Å². The maximum atomic E-state index is 12.1. The lowest BCUT2D eigenvalue weighted by Gasteiger charge is -2.28. The van der Waals surface area contributed by atoms with Crippen LogP contribution in [0.4, 0.5) is 0 Å². The molecule has 0 aromatic heterocycles. The van der Waals surface area contributed by atoms with Crippen molar-refractivity contribution >= 4 is 5.97 Å². The first-order valence-corrected chi connectivity index (χ1v) is 7.94. The third kappa shape index (κ3) is 3.43. The smallest absolute Gasteiger partial charge is 0.325 e. The van der Waals surface area contributed by atoms with E-state index in [2.05, 4.69) is 44.3 Å². The monoisotopic (exact) mass is 305 g/mol. The van der Waals surface area contributed by atoms with Gasteiger partial charge in [0, 0.05) is 18.5 Å². The van der Waals surface area contributed by atoms with E-state index in [1.54, 1.807) is 0 Å². The molecule has 4 nitrogen and oxygen atoms in total. The van der Waals surface area contributed by atoms with Gasteiger partial charge in [0.05, 0.1) is 7.11 Å². The van der Waals surface area contributed by atoms with Crippen molar-refractivity contribution in [3.05, 3.63) is 29.3 Å². The van der Waals surface area contributed by atoms with E-state index in [4.69, 9.17) is 9.47 Å². The molecule has 0 fully saturated rings. The van der Waals surface area contributed by atoms with Crippen LogP contribution >= 0.6 is 0 Å². The number of rotatable bonds is 6. The lowest BCUT2D eigenvalue weighted by molar-refractivity contribution is -0.148. The molecule has 1 atom stereocenters. The molecule has 1 aliphatic rings. The van der Waals surface area contributed by atoms with Crippen molar-refractivity contribution in [1.82, 2.24) is 5.32 Å². The number of hydrogen-bond donors (Lipinski definition) is 1. The normalized spacial score (nSPS) is 18.2. The van der Waals surface area contributed by atoms with E-state index < -0.39 is 5.54 Å². The highest BCUT2D eigenvalue weighted by Crippen LogP contribution is 2.37. The molecule has 22 heavy (non-hydrogen) atoms. The van der Waals surface area contributed by atoms with E-state index in [1.807, 2.05) is 6.92 Å². The highest BCUT2D eigenvalue weighted by Gasteiger charge is 2.35. The Morgan fingerprint density at radius 3 is 2.82 bits per heavy atom. The van der Waals surface area contributed by atoms with Crippen LogP contribution in [0.3, 0.4) is 0 Å². The SMILES string of the molecule is CCC[C@](C)(NCc1cccc2c1OC(C)(C)C2)C(=O)OC. The molecule has 4 heteroatoms. The summed E-state index contributed by atoms with van der Waals surface area (Å²) in [5.41, 5.74) is 1.50. The van der Waals surface area contributed by atoms with Crippen molar-refractivity contribution < 1.29 is 14.3 Å². The average molecular weight is 305 g/mol. The zero-order valence-electron chi connectivity index (χ0n) is 14.3. The van der Waals surface area contributed by atoms with Crippen LogP contribution in [0.2, 0.25) is 0 Å². The molecular formula is C18H27NO3. The van der Waals surface area contributed by atoms with Crippen molar-refractivity contribution in [2.24, 2.45) is 0 Å². The Balaban J connectivity index is 2.16. The summed E-state index contributed by atoms with van der Waals surface area (Å²) in [6.07, 6.45) is 2.56. The summed E-state index contributed by atoms with van der Waals surface area (Å²) in [4.78, 5) is 12.1. The Labute approximate surface area is 133 Å². The second-order valence-corrected chi connectivity index (χ2v) is 6.87. The number of para-hydroxylation sites is 1. The largest absolute Gasteiger partial charge is 0.487 e. The second-order valence-electron chi connectivity index (χ2n) is 6.87. The van der Waals surface area contributed by atoms with Crippen molar-refractivity contribution in [3.63, 3.8) is 0 Å². The van der Waals surface area contributed by atoms with E-state index in [1.165, 1.54) is 12.7 Å². The standard InChI is InChI=1S/C18H27NO3/c1-6-10-18(4,16(20)21-5)19-12-14-9-7-8-13-11-17(2,3)22-15(13)14/h7-9,19H,6,10-12H2,1-5H3/t18-/m0/s1. The second kappa shape index (κ2) is 6.29. The zero-order valence-corrected chi connectivity index (χ0v) is 14.3. The first-order valence-electron chi connectivity index (χ1n) is 7.94. The average Bonchev–Trinajstić information content (AvgIpc) is 2.78. The van der Waals surface area contributed by atoms with Crippen LogP contribution < -0.4 is 10.1 Å². The van der Waals surface area contributed by atoms with Gasteiger partial charge in [-0.25, -0.2) is 0 Å². The fourth-order valence-electron chi connectivity index (χ4n) is 3.10. The molecule has 1 aliphatic heterocycles. The van der Waals surface area contributed by atoms with Gasteiger partial charge in [0.25, 0.3) is 0 Å². The highest BCUT2D eigenvalue weighted by atomic mass is 16.5. The number of methoxy groups -OCH3 is 1. The van der Waals surface area contributed by atoms with E-state index >= 15 is 0 Å². The summed E-state index contributed by atoms with van der Waals surface area (Å²) in [5, 5.41) is 3.37. The van der Waals surface area contributed by atoms with Gasteiger partial charge in [-0.3, -0.25) is 10.1 Å². The van der Waals surface area contributed by atoms with Gasteiger partial charge < -0.3 is 9.47 Å². The summed E-state index contributed by atoms with van der Waals surface area (Å²) in [6.45, 7) is 8.75. The summed E-state index contributed by atoms with van der Waals surface area (Å²) >= 11 is 0. The van der Waals surface area contributed by atoms with Gasteiger partial charge in [0.15, 0.2) is 0 Å². The minimum atomic E-state index is -0.666. The number of carbonyl (C=O) groups excluding carboxylic acids is 1. The van der Waals surface area contributed by atoms with E-state index in [0.29, 0.717) is 6.54 Å². The number of benzene rings is 1. The van der Waals surface area contributed by atoms with E-state index in [9.17, 15) is 4.79 Å². The van der Waals surface area contributed by atoms with Crippen molar-refractivity contribution in [3.8, 4) is 5.75 Å². The van der Waals surface area contributed by atoms with Crippen LogP contribution in [0.1, 0.15) is 51.7 Å². The first kappa shape index (κ1) is 16.8. The Bertz CT molecular complexity index is 553. The Morgan fingerprint density at radius 1 is 1.45 bits per heavy atom. The Kier molecular flexibility index (Phi) is 4.81. The molecular weight excluding hydrogens is 278 g/mol. The number of ether oxygens (including phenoxy) is 2. The predicted octanol–water partition coefficient (Wildman–Crippen LogP) is 3.22. The van der Waals surface area contributed by atoms with Gasteiger partial charge in [-0.2, -0.15) is 0 Å². The predicted molar refractivity (Wildman–Crippen MR) is 87.0 cm³/mol. The van der Waals surface area contributed by atoms with Crippen LogP contribution in [-0.2, 0) is 22.5 Å². The fraction of sp³-hybridized carbons (Fsp3) is 0.611. The van der Waals surface area contributed by atoms with Crippen molar-refractivity contribution in [2.45, 2.75) is 64.6 Å². The minimum absolute atomic E-state index is 0.159. The van der Waals surface area contributed by atoms with Crippen LogP contribution in [0.15, 0.2) is 18.2 Å². The lowest BCUT2D eigenvalue weighted by Crippen LogP contribution is -2.49. The Morgan fingerprint density at radius 2 is 2.18 bits per heavy atom. The maximum Gasteiger partial charge on any atom is 0.325 e. The number of fused-ring (bicyclic) bond motifs is 1. The summed E-state index contributed by atoms with van der Waals surface area (Å²) in [7, 11) is 1.43. The van der Waals surface area contributed by atoms with Crippen molar-refractivity contribution in [2.75, 3.05) is 7.11 Å². The molecule has 0 saturated heterocycles.